The zero-order valence-corrected chi connectivity index (χ0v) is 19.3. The predicted octanol–water partition coefficient (Wildman–Crippen LogP) is 4.50. The normalized spacial score (nSPS) is 25.0. The monoisotopic (exact) mass is 450 g/mol. The van der Waals surface area contributed by atoms with E-state index in [0.717, 1.165) is 12.8 Å². The molecule has 1 aromatic rings. The third kappa shape index (κ3) is 9.27. The molecule has 174 valence electrons. The Bertz CT molecular complexity index is 711. The number of aliphatic carboxylic acids is 1. The van der Waals surface area contributed by atoms with Crippen molar-refractivity contribution in [3.8, 4) is 0 Å². The van der Waals surface area contributed by atoms with Crippen LogP contribution in [0.2, 0.25) is 0 Å². The molecule has 0 amide bonds. The zero-order valence-electron chi connectivity index (χ0n) is 18.5. The number of carboxylic acids is 1. The summed E-state index contributed by atoms with van der Waals surface area (Å²) in [6.07, 6.45) is 13.2. The van der Waals surface area contributed by atoms with Crippen LogP contribution in [0.3, 0.4) is 0 Å². The van der Waals surface area contributed by atoms with Gasteiger partial charge in [0.25, 0.3) is 0 Å². The Balaban J connectivity index is 1.80. The van der Waals surface area contributed by atoms with Gasteiger partial charge in [-0.2, -0.15) is 0 Å². The first kappa shape index (κ1) is 25.8. The van der Waals surface area contributed by atoms with E-state index in [2.05, 4.69) is 19.1 Å². The lowest BCUT2D eigenvalue weighted by Crippen LogP contribution is -2.20. The van der Waals surface area contributed by atoms with E-state index in [1.165, 1.54) is 22.6 Å². The Morgan fingerprint density at radius 1 is 1.16 bits per heavy atom. The highest BCUT2D eigenvalue weighted by atomic mass is 32.1. The summed E-state index contributed by atoms with van der Waals surface area (Å²) in [4.78, 5) is 13.2. The highest BCUT2D eigenvalue weighted by Gasteiger charge is 2.39. The minimum Gasteiger partial charge on any atom is -0.481 e. The molecule has 1 heterocycles. The summed E-state index contributed by atoms with van der Waals surface area (Å²) < 4.78 is 0. The molecular formula is C25H38O5S. The summed E-state index contributed by atoms with van der Waals surface area (Å²) in [5.74, 6) is -1.06. The van der Waals surface area contributed by atoms with Crippen molar-refractivity contribution in [3.05, 3.63) is 46.2 Å². The number of aryl methyl sites for hydroxylation is 2. The first-order valence-electron chi connectivity index (χ1n) is 11.6. The van der Waals surface area contributed by atoms with Gasteiger partial charge in [-0.25, -0.2) is 0 Å². The van der Waals surface area contributed by atoms with Gasteiger partial charge in [0, 0.05) is 28.5 Å². The molecule has 5 nitrogen and oxygen atoms in total. The zero-order chi connectivity index (χ0) is 22.6. The summed E-state index contributed by atoms with van der Waals surface area (Å²) in [6.45, 7) is 2.20. The van der Waals surface area contributed by atoms with Crippen LogP contribution >= 0.6 is 11.3 Å². The van der Waals surface area contributed by atoms with E-state index in [0.29, 0.717) is 32.1 Å². The van der Waals surface area contributed by atoms with Gasteiger partial charge in [0.15, 0.2) is 0 Å². The van der Waals surface area contributed by atoms with Gasteiger partial charge >= 0.3 is 5.97 Å². The van der Waals surface area contributed by atoms with Crippen LogP contribution in [0.5, 0.6) is 0 Å². The van der Waals surface area contributed by atoms with Crippen molar-refractivity contribution in [3.63, 3.8) is 0 Å². The third-order valence-electron chi connectivity index (χ3n) is 5.99. The Labute approximate surface area is 190 Å². The smallest absolute Gasteiger partial charge is 0.303 e. The van der Waals surface area contributed by atoms with E-state index < -0.39 is 24.3 Å². The molecule has 1 aliphatic carbocycles. The standard InChI is InChI=1S/C25H38O5S/c1-2-3-8-19-14-15-20(31-19)13-11-18(26)12-16-22-21(23(27)17-24(22)28)9-6-4-5-7-10-25(29)30/h4,6,12,14-16,18,21-24,26-28H,2-3,5,7-11,13,17H2,1H3,(H,29,30)/b6-4-,16-12+/t18?,21-,22-,23?,24?/m1/s1. The molecule has 0 aromatic carbocycles. The number of hydrogen-bond acceptors (Lipinski definition) is 5. The number of thiophene rings is 1. The third-order valence-corrected chi connectivity index (χ3v) is 7.19. The molecule has 0 radical (unpaired) electrons. The number of allylic oxidation sites excluding steroid dienone is 2. The Hall–Kier alpha value is -1.47. The van der Waals surface area contributed by atoms with E-state index in [1.807, 2.05) is 29.6 Å². The summed E-state index contributed by atoms with van der Waals surface area (Å²) in [5, 5.41) is 39.7. The molecule has 31 heavy (non-hydrogen) atoms. The van der Waals surface area contributed by atoms with Crippen molar-refractivity contribution in [1.82, 2.24) is 0 Å². The average Bonchev–Trinajstić information content (AvgIpc) is 3.29. The Kier molecular flexibility index (Phi) is 11.5. The second kappa shape index (κ2) is 13.8. The molecule has 3 unspecified atom stereocenters. The van der Waals surface area contributed by atoms with Gasteiger partial charge in [0.05, 0.1) is 18.3 Å². The molecule has 2 rings (SSSR count). The fourth-order valence-electron chi connectivity index (χ4n) is 4.13. The van der Waals surface area contributed by atoms with Crippen LogP contribution in [0.1, 0.15) is 68.0 Å². The number of rotatable bonds is 14. The molecule has 0 spiro atoms. The van der Waals surface area contributed by atoms with Gasteiger partial charge in [-0.1, -0.05) is 37.6 Å². The maximum atomic E-state index is 10.5. The molecule has 1 fully saturated rings. The van der Waals surface area contributed by atoms with Crippen LogP contribution in [-0.2, 0) is 17.6 Å². The first-order valence-corrected chi connectivity index (χ1v) is 12.4. The largest absolute Gasteiger partial charge is 0.481 e. The number of carboxylic acid groups (broad SMARTS) is 1. The van der Waals surface area contributed by atoms with Crippen LogP contribution in [-0.4, -0.2) is 44.7 Å². The molecule has 5 atom stereocenters. The topological polar surface area (TPSA) is 98.0 Å². The van der Waals surface area contributed by atoms with Crippen LogP contribution in [0.25, 0.3) is 0 Å². The summed E-state index contributed by atoms with van der Waals surface area (Å²) in [6, 6.07) is 4.34. The molecular weight excluding hydrogens is 412 g/mol. The lowest BCUT2D eigenvalue weighted by molar-refractivity contribution is -0.137. The van der Waals surface area contributed by atoms with Gasteiger partial charge in [-0.05, 0) is 63.0 Å². The van der Waals surface area contributed by atoms with Crippen molar-refractivity contribution in [2.24, 2.45) is 11.8 Å². The van der Waals surface area contributed by atoms with E-state index >= 15 is 0 Å². The molecule has 0 bridgehead atoms. The molecule has 0 saturated heterocycles. The van der Waals surface area contributed by atoms with Crippen molar-refractivity contribution < 1.29 is 25.2 Å². The van der Waals surface area contributed by atoms with Gasteiger partial charge in [0.2, 0.25) is 0 Å². The lowest BCUT2D eigenvalue weighted by atomic mass is 9.89. The van der Waals surface area contributed by atoms with Gasteiger partial charge in [0.1, 0.15) is 0 Å². The van der Waals surface area contributed by atoms with Crippen molar-refractivity contribution in [1.29, 1.82) is 0 Å². The molecule has 1 saturated carbocycles. The first-order chi connectivity index (χ1) is 14.9. The summed E-state index contributed by atoms with van der Waals surface area (Å²) >= 11 is 1.83. The average molecular weight is 451 g/mol. The van der Waals surface area contributed by atoms with Crippen molar-refractivity contribution in [2.45, 2.75) is 89.4 Å². The van der Waals surface area contributed by atoms with Crippen LogP contribution < -0.4 is 0 Å². The maximum absolute atomic E-state index is 10.5. The fraction of sp³-hybridized carbons (Fsp3) is 0.640. The summed E-state index contributed by atoms with van der Waals surface area (Å²) in [7, 11) is 0. The van der Waals surface area contributed by atoms with Crippen LogP contribution in [0.4, 0.5) is 0 Å². The second-order valence-corrected chi connectivity index (χ2v) is 9.82. The van der Waals surface area contributed by atoms with Crippen molar-refractivity contribution >= 4 is 17.3 Å². The summed E-state index contributed by atoms with van der Waals surface area (Å²) in [5.41, 5.74) is 0. The van der Waals surface area contributed by atoms with Gasteiger partial charge < -0.3 is 20.4 Å². The number of carbonyl (C=O) groups is 1. The number of aliphatic hydroxyl groups excluding tert-OH is 3. The number of hydrogen-bond donors (Lipinski definition) is 4. The molecule has 1 aliphatic rings. The van der Waals surface area contributed by atoms with E-state index in [9.17, 15) is 20.1 Å². The highest BCUT2D eigenvalue weighted by molar-refractivity contribution is 7.11. The molecule has 0 aliphatic heterocycles. The maximum Gasteiger partial charge on any atom is 0.303 e. The molecule has 1 aromatic heterocycles. The van der Waals surface area contributed by atoms with Gasteiger partial charge in [-0.15, -0.1) is 11.3 Å². The lowest BCUT2D eigenvalue weighted by Gasteiger charge is -2.19. The molecule has 6 heteroatoms. The Morgan fingerprint density at radius 2 is 1.90 bits per heavy atom. The van der Waals surface area contributed by atoms with Crippen molar-refractivity contribution in [2.75, 3.05) is 0 Å². The fourth-order valence-corrected chi connectivity index (χ4v) is 5.21. The molecule has 4 N–H and O–H groups in total. The minimum absolute atomic E-state index is 0.0902. The number of aliphatic hydroxyl groups is 3. The number of unbranched alkanes of at least 4 members (excludes halogenated alkanes) is 2. The second-order valence-electron chi connectivity index (χ2n) is 8.57. The van der Waals surface area contributed by atoms with Crippen LogP contribution in [0, 0.1) is 11.8 Å². The Morgan fingerprint density at radius 3 is 2.61 bits per heavy atom. The van der Waals surface area contributed by atoms with E-state index in [4.69, 9.17) is 5.11 Å². The van der Waals surface area contributed by atoms with E-state index in [1.54, 1.807) is 6.08 Å². The highest BCUT2D eigenvalue weighted by Crippen LogP contribution is 2.36. The SMILES string of the molecule is CCCCc1ccc(CCC(O)/C=C/[C@H]2C(O)CC(O)[C@@H]2C/C=C\CCCC(=O)O)s1. The van der Waals surface area contributed by atoms with Gasteiger partial charge in [-0.3, -0.25) is 4.79 Å². The quantitative estimate of drug-likeness (QED) is 0.247. The predicted molar refractivity (Wildman–Crippen MR) is 125 cm³/mol. The van der Waals surface area contributed by atoms with Crippen LogP contribution in [0.15, 0.2) is 36.4 Å². The van der Waals surface area contributed by atoms with E-state index in [-0.39, 0.29) is 18.3 Å². The minimum atomic E-state index is -0.789.